The Morgan fingerprint density at radius 3 is 2.30 bits per heavy atom. The van der Waals surface area contributed by atoms with Gasteiger partial charge >= 0.3 is 4.87 Å². The van der Waals surface area contributed by atoms with Gasteiger partial charge in [-0.3, -0.25) is 23.7 Å². The molecule has 0 saturated carbocycles. The number of nitrogens with one attached hydrogen (secondary N) is 1. The Labute approximate surface area is 242 Å². The van der Waals surface area contributed by atoms with E-state index >= 15 is 0 Å². The minimum absolute atomic E-state index is 0.0563. The summed E-state index contributed by atoms with van der Waals surface area (Å²) in [7, 11) is 0. The van der Waals surface area contributed by atoms with E-state index in [1.807, 2.05) is 19.1 Å². The van der Waals surface area contributed by atoms with E-state index in [2.05, 4.69) is 5.32 Å². The number of phenolic OH excluding ortho intramolecular Hbond substituents is 1. The molecule has 40 heavy (non-hydrogen) atoms. The number of nitrogens with zero attached hydrogens (tertiary/aromatic N) is 2. The van der Waals surface area contributed by atoms with E-state index in [9.17, 15) is 24.3 Å². The standard InChI is InChI=1S/C29H22ClN3O5S2/c1-15-2-8-18(9-3-15)31-21(35)14-32-28-25(40-29(32)38)22(16-4-12-20(34)13-5-16)23-24(39-28)27(37)33(26(23)36)19-10-6-17(30)7-11-19/h2-13,22-24,34H,14H2,1H3,(H,31,35)/t22-,23?,24?/m0/s1. The van der Waals surface area contributed by atoms with Crippen molar-refractivity contribution in [1.29, 1.82) is 0 Å². The molecule has 2 unspecified atom stereocenters. The van der Waals surface area contributed by atoms with E-state index in [1.54, 1.807) is 48.5 Å². The maximum absolute atomic E-state index is 13.9. The van der Waals surface area contributed by atoms with Gasteiger partial charge in [0.1, 0.15) is 17.5 Å². The molecule has 2 aliphatic heterocycles. The number of halogens is 1. The smallest absolute Gasteiger partial charge is 0.308 e. The van der Waals surface area contributed by atoms with Gasteiger partial charge in [-0.15, -0.1) is 0 Å². The van der Waals surface area contributed by atoms with Gasteiger partial charge in [-0.25, -0.2) is 4.90 Å². The molecule has 11 heteroatoms. The first kappa shape index (κ1) is 26.4. The number of anilines is 2. The number of aromatic nitrogens is 1. The summed E-state index contributed by atoms with van der Waals surface area (Å²) in [4.78, 5) is 55.2. The molecule has 2 aliphatic rings. The number of hydrogen-bond acceptors (Lipinski definition) is 7. The molecule has 1 aromatic heterocycles. The maximum atomic E-state index is 13.9. The second kappa shape index (κ2) is 10.3. The number of rotatable bonds is 5. The second-order valence-corrected chi connectivity index (χ2v) is 12.2. The summed E-state index contributed by atoms with van der Waals surface area (Å²) in [6, 6.07) is 20.2. The fourth-order valence-electron chi connectivity index (χ4n) is 5.12. The predicted octanol–water partition coefficient (Wildman–Crippen LogP) is 5.01. The van der Waals surface area contributed by atoms with Crippen molar-refractivity contribution in [2.45, 2.75) is 29.7 Å². The molecule has 0 spiro atoms. The number of aryl methyl sites for hydroxylation is 1. The van der Waals surface area contributed by atoms with Gasteiger partial charge in [-0.1, -0.05) is 64.5 Å². The Morgan fingerprint density at radius 2 is 1.62 bits per heavy atom. The third-order valence-electron chi connectivity index (χ3n) is 7.02. The van der Waals surface area contributed by atoms with Gasteiger partial charge in [0.25, 0.3) is 0 Å². The topological polar surface area (TPSA) is 109 Å². The normalized spacial score (nSPS) is 19.9. The van der Waals surface area contributed by atoms with Crippen LogP contribution < -0.4 is 15.1 Å². The first-order chi connectivity index (χ1) is 19.2. The minimum Gasteiger partial charge on any atom is -0.508 e. The highest BCUT2D eigenvalue weighted by Gasteiger charge is 2.56. The van der Waals surface area contributed by atoms with Crippen LogP contribution in [0.15, 0.2) is 82.6 Å². The number of benzene rings is 3. The van der Waals surface area contributed by atoms with Crippen molar-refractivity contribution >= 4 is 63.8 Å². The predicted molar refractivity (Wildman–Crippen MR) is 155 cm³/mol. The fraction of sp³-hybridized carbons (Fsp3) is 0.172. The lowest BCUT2D eigenvalue weighted by Gasteiger charge is -2.30. The number of thioether (sulfide) groups is 1. The summed E-state index contributed by atoms with van der Waals surface area (Å²) >= 11 is 8.15. The Hall–Kier alpha value is -3.86. The van der Waals surface area contributed by atoms with Gasteiger partial charge in [0.05, 0.1) is 16.6 Å². The van der Waals surface area contributed by atoms with Gasteiger partial charge in [0, 0.05) is 21.5 Å². The lowest BCUT2D eigenvalue weighted by atomic mass is 9.83. The Bertz CT molecular complexity index is 1700. The van der Waals surface area contributed by atoms with E-state index in [-0.39, 0.29) is 29.0 Å². The first-order valence-electron chi connectivity index (χ1n) is 12.4. The number of phenols is 1. The van der Waals surface area contributed by atoms with Crippen LogP contribution in [0.25, 0.3) is 0 Å². The van der Waals surface area contributed by atoms with Crippen molar-refractivity contribution < 1.29 is 19.5 Å². The Morgan fingerprint density at radius 1 is 0.950 bits per heavy atom. The Balaban J connectivity index is 1.40. The second-order valence-electron chi connectivity index (χ2n) is 9.66. The summed E-state index contributed by atoms with van der Waals surface area (Å²) in [5, 5.41) is 12.9. The Kier molecular flexibility index (Phi) is 6.77. The van der Waals surface area contributed by atoms with Gasteiger partial charge in [0.15, 0.2) is 0 Å². The van der Waals surface area contributed by atoms with Crippen LogP contribution in [0.5, 0.6) is 5.75 Å². The highest BCUT2D eigenvalue weighted by Crippen LogP contribution is 2.54. The first-order valence-corrected chi connectivity index (χ1v) is 14.5. The van der Waals surface area contributed by atoms with Crippen molar-refractivity contribution in [2.75, 3.05) is 10.2 Å². The number of thiazole rings is 1. The molecule has 1 fully saturated rings. The van der Waals surface area contributed by atoms with Crippen LogP contribution in [-0.2, 0) is 20.9 Å². The maximum Gasteiger partial charge on any atom is 0.308 e. The quantitative estimate of drug-likeness (QED) is 0.316. The molecule has 202 valence electrons. The van der Waals surface area contributed by atoms with Crippen LogP contribution >= 0.6 is 34.7 Å². The van der Waals surface area contributed by atoms with Crippen LogP contribution in [0.1, 0.15) is 21.9 Å². The molecule has 0 aliphatic carbocycles. The van der Waals surface area contributed by atoms with E-state index in [0.717, 1.165) is 28.7 Å². The third kappa shape index (κ3) is 4.61. The fourth-order valence-corrected chi connectivity index (χ4v) is 8.02. The monoisotopic (exact) mass is 591 g/mol. The summed E-state index contributed by atoms with van der Waals surface area (Å²) in [6.45, 7) is 1.70. The summed E-state index contributed by atoms with van der Waals surface area (Å²) in [5.41, 5.74) is 2.76. The van der Waals surface area contributed by atoms with Crippen molar-refractivity contribution in [3.8, 4) is 5.75 Å². The van der Waals surface area contributed by atoms with Gasteiger partial charge in [-0.2, -0.15) is 0 Å². The lowest BCUT2D eigenvalue weighted by Crippen LogP contribution is -2.33. The van der Waals surface area contributed by atoms with Crippen LogP contribution in [0.3, 0.4) is 0 Å². The number of imide groups is 1. The highest BCUT2D eigenvalue weighted by atomic mass is 35.5. The number of hydrogen-bond donors (Lipinski definition) is 2. The largest absolute Gasteiger partial charge is 0.508 e. The van der Waals surface area contributed by atoms with Gasteiger partial charge < -0.3 is 10.4 Å². The summed E-state index contributed by atoms with van der Waals surface area (Å²) in [6.07, 6.45) is 0. The number of aromatic hydroxyl groups is 1. The zero-order valence-electron chi connectivity index (χ0n) is 21.0. The molecule has 6 rings (SSSR count). The van der Waals surface area contributed by atoms with Crippen molar-refractivity contribution in [3.63, 3.8) is 0 Å². The van der Waals surface area contributed by atoms with Crippen molar-refractivity contribution in [2.24, 2.45) is 5.92 Å². The molecule has 4 aromatic rings. The molecular weight excluding hydrogens is 570 g/mol. The van der Waals surface area contributed by atoms with Crippen LogP contribution in [0.2, 0.25) is 5.02 Å². The number of fused-ring (bicyclic) bond motifs is 2. The van der Waals surface area contributed by atoms with E-state index < -0.39 is 23.0 Å². The molecule has 0 bridgehead atoms. The number of amides is 3. The molecular formula is C29H22ClN3O5S2. The molecule has 3 atom stereocenters. The molecule has 1 saturated heterocycles. The van der Waals surface area contributed by atoms with Crippen LogP contribution in [-0.4, -0.2) is 32.6 Å². The summed E-state index contributed by atoms with van der Waals surface area (Å²) < 4.78 is 1.38. The van der Waals surface area contributed by atoms with Crippen molar-refractivity contribution in [3.05, 3.63) is 103 Å². The van der Waals surface area contributed by atoms with E-state index in [0.29, 0.717) is 31.9 Å². The molecule has 3 aromatic carbocycles. The molecule has 2 N–H and O–H groups in total. The third-order valence-corrected chi connectivity index (χ3v) is 9.88. The zero-order chi connectivity index (χ0) is 28.1. The summed E-state index contributed by atoms with van der Waals surface area (Å²) in [5.74, 6) is -2.50. The van der Waals surface area contributed by atoms with Crippen LogP contribution in [0, 0.1) is 12.8 Å². The lowest BCUT2D eigenvalue weighted by molar-refractivity contribution is -0.122. The number of carbonyl (C=O) groups is 3. The SMILES string of the molecule is Cc1ccc(NC(=O)Cn2c3c(sc2=O)[C@@H](c2ccc(O)cc2)C2C(=O)N(c4ccc(Cl)cc4)C(=O)C2S3)cc1. The average molecular weight is 592 g/mol. The average Bonchev–Trinajstić information content (AvgIpc) is 3.37. The number of carbonyl (C=O) groups excluding carboxylic acids is 3. The minimum atomic E-state index is -0.810. The molecule has 0 radical (unpaired) electrons. The highest BCUT2D eigenvalue weighted by molar-refractivity contribution is 8.00. The van der Waals surface area contributed by atoms with Crippen molar-refractivity contribution in [1.82, 2.24) is 4.57 Å². The van der Waals surface area contributed by atoms with Gasteiger partial charge in [-0.05, 0) is 61.0 Å². The van der Waals surface area contributed by atoms with E-state index in [4.69, 9.17) is 11.6 Å². The zero-order valence-corrected chi connectivity index (χ0v) is 23.4. The van der Waals surface area contributed by atoms with Crippen LogP contribution in [0.4, 0.5) is 11.4 Å². The molecule has 8 nitrogen and oxygen atoms in total. The molecule has 3 amide bonds. The van der Waals surface area contributed by atoms with Gasteiger partial charge in [0.2, 0.25) is 17.7 Å². The molecule has 3 heterocycles. The van der Waals surface area contributed by atoms with E-state index in [1.165, 1.54) is 21.6 Å².